The molecule has 0 bridgehead atoms. The lowest BCUT2D eigenvalue weighted by Crippen LogP contribution is -2.02. The standard InChI is InChI=1S/C15H10FN3O2/c1-21-15(20)9-6-7-12-13(8-9)17-14(19-18-12)10-4-2-3-5-11(10)16/h2-8H,1H3. The molecule has 5 nitrogen and oxygen atoms in total. The predicted octanol–water partition coefficient (Wildman–Crippen LogP) is 2.62. The number of ether oxygens (including phenoxy) is 1. The van der Waals surface area contributed by atoms with E-state index in [1.807, 2.05) is 0 Å². The van der Waals surface area contributed by atoms with E-state index in [9.17, 15) is 9.18 Å². The Morgan fingerprint density at radius 3 is 2.67 bits per heavy atom. The van der Waals surface area contributed by atoms with Crippen molar-refractivity contribution >= 4 is 17.0 Å². The number of fused-ring (bicyclic) bond motifs is 1. The number of carbonyl (C=O) groups is 1. The van der Waals surface area contributed by atoms with E-state index in [1.165, 1.54) is 13.2 Å². The van der Waals surface area contributed by atoms with Crippen molar-refractivity contribution < 1.29 is 13.9 Å². The topological polar surface area (TPSA) is 65.0 Å². The highest BCUT2D eigenvalue weighted by Gasteiger charge is 2.11. The molecule has 0 saturated heterocycles. The van der Waals surface area contributed by atoms with Crippen LogP contribution >= 0.6 is 0 Å². The minimum atomic E-state index is -0.469. The van der Waals surface area contributed by atoms with Gasteiger partial charge in [-0.25, -0.2) is 14.2 Å². The van der Waals surface area contributed by atoms with Gasteiger partial charge < -0.3 is 4.74 Å². The number of esters is 1. The molecule has 2 aromatic carbocycles. The fourth-order valence-electron chi connectivity index (χ4n) is 1.94. The molecule has 3 rings (SSSR count). The average Bonchev–Trinajstić information content (AvgIpc) is 2.53. The zero-order chi connectivity index (χ0) is 14.8. The van der Waals surface area contributed by atoms with E-state index >= 15 is 0 Å². The van der Waals surface area contributed by atoms with Crippen LogP contribution in [0.3, 0.4) is 0 Å². The molecule has 0 aliphatic carbocycles. The lowest BCUT2D eigenvalue weighted by molar-refractivity contribution is 0.0601. The first-order valence-electron chi connectivity index (χ1n) is 6.17. The smallest absolute Gasteiger partial charge is 0.337 e. The molecule has 0 aliphatic heterocycles. The molecule has 0 atom stereocenters. The van der Waals surface area contributed by atoms with Gasteiger partial charge >= 0.3 is 5.97 Å². The fourth-order valence-corrected chi connectivity index (χ4v) is 1.94. The quantitative estimate of drug-likeness (QED) is 0.676. The molecule has 1 heterocycles. The summed E-state index contributed by atoms with van der Waals surface area (Å²) < 4.78 is 18.4. The summed E-state index contributed by atoms with van der Waals surface area (Å²) in [6, 6.07) is 10.9. The van der Waals surface area contributed by atoms with Crippen LogP contribution in [0.4, 0.5) is 4.39 Å². The summed E-state index contributed by atoms with van der Waals surface area (Å²) in [5, 5.41) is 7.91. The molecule has 3 aromatic rings. The van der Waals surface area contributed by atoms with Gasteiger partial charge in [-0.05, 0) is 30.3 Å². The number of methoxy groups -OCH3 is 1. The van der Waals surface area contributed by atoms with Gasteiger partial charge in [-0.3, -0.25) is 0 Å². The molecule has 0 N–H and O–H groups in total. The van der Waals surface area contributed by atoms with Crippen molar-refractivity contribution in [1.82, 2.24) is 15.2 Å². The molecule has 21 heavy (non-hydrogen) atoms. The van der Waals surface area contributed by atoms with Crippen LogP contribution in [0.25, 0.3) is 22.4 Å². The van der Waals surface area contributed by atoms with Crippen LogP contribution in [0.2, 0.25) is 0 Å². The number of hydrogen-bond acceptors (Lipinski definition) is 5. The minimum Gasteiger partial charge on any atom is -0.465 e. The summed E-state index contributed by atoms with van der Waals surface area (Å²) in [5.41, 5.74) is 1.58. The molecular weight excluding hydrogens is 273 g/mol. The second kappa shape index (κ2) is 5.24. The molecule has 0 amide bonds. The average molecular weight is 283 g/mol. The van der Waals surface area contributed by atoms with Gasteiger partial charge in [0, 0.05) is 0 Å². The molecule has 0 fully saturated rings. The van der Waals surface area contributed by atoms with E-state index in [0.717, 1.165) is 0 Å². The lowest BCUT2D eigenvalue weighted by Gasteiger charge is -2.04. The third kappa shape index (κ3) is 2.43. The fraction of sp³-hybridized carbons (Fsp3) is 0.0667. The first-order chi connectivity index (χ1) is 10.2. The highest BCUT2D eigenvalue weighted by atomic mass is 19.1. The largest absolute Gasteiger partial charge is 0.465 e. The Hall–Kier alpha value is -2.89. The first kappa shape index (κ1) is 13.1. The molecule has 1 aromatic heterocycles. The van der Waals surface area contributed by atoms with Crippen molar-refractivity contribution in [3.63, 3.8) is 0 Å². The number of aromatic nitrogens is 3. The Morgan fingerprint density at radius 1 is 1.10 bits per heavy atom. The number of nitrogens with zero attached hydrogens (tertiary/aromatic N) is 3. The van der Waals surface area contributed by atoms with Gasteiger partial charge in [0.25, 0.3) is 0 Å². The maximum atomic E-state index is 13.8. The van der Waals surface area contributed by atoms with Gasteiger partial charge in [0.1, 0.15) is 11.3 Å². The van der Waals surface area contributed by atoms with Gasteiger partial charge in [0.15, 0.2) is 5.82 Å². The summed E-state index contributed by atoms with van der Waals surface area (Å²) in [7, 11) is 1.30. The van der Waals surface area contributed by atoms with Crippen LogP contribution in [0, 0.1) is 5.82 Å². The maximum absolute atomic E-state index is 13.8. The Bertz CT molecular complexity index is 836. The molecule has 0 aliphatic rings. The summed E-state index contributed by atoms with van der Waals surface area (Å²) in [4.78, 5) is 15.8. The van der Waals surface area contributed by atoms with E-state index < -0.39 is 11.8 Å². The number of benzene rings is 2. The Balaban J connectivity index is 2.14. The molecule has 0 spiro atoms. The monoisotopic (exact) mass is 283 g/mol. The second-order valence-corrected chi connectivity index (χ2v) is 4.31. The van der Waals surface area contributed by atoms with Gasteiger partial charge in [-0.2, -0.15) is 0 Å². The third-order valence-electron chi connectivity index (χ3n) is 2.99. The van der Waals surface area contributed by atoms with Crippen LogP contribution in [0.15, 0.2) is 42.5 Å². The highest BCUT2D eigenvalue weighted by Crippen LogP contribution is 2.20. The Kier molecular flexibility index (Phi) is 3.27. The zero-order valence-electron chi connectivity index (χ0n) is 11.1. The third-order valence-corrected chi connectivity index (χ3v) is 2.99. The van der Waals surface area contributed by atoms with Crippen LogP contribution < -0.4 is 0 Å². The van der Waals surface area contributed by atoms with Crippen molar-refractivity contribution in [1.29, 1.82) is 0 Å². The van der Waals surface area contributed by atoms with Crippen LogP contribution in [-0.4, -0.2) is 28.3 Å². The normalized spacial score (nSPS) is 10.6. The van der Waals surface area contributed by atoms with Crippen LogP contribution in [0.1, 0.15) is 10.4 Å². The predicted molar refractivity (Wildman–Crippen MR) is 74.1 cm³/mol. The molecule has 0 radical (unpaired) electrons. The Morgan fingerprint density at radius 2 is 1.90 bits per heavy atom. The van der Waals surface area contributed by atoms with Crippen molar-refractivity contribution in [2.24, 2.45) is 0 Å². The molecule has 0 unspecified atom stereocenters. The van der Waals surface area contributed by atoms with Crippen LogP contribution in [-0.2, 0) is 4.74 Å². The van der Waals surface area contributed by atoms with E-state index in [2.05, 4.69) is 19.9 Å². The summed E-state index contributed by atoms with van der Waals surface area (Å²) >= 11 is 0. The Labute approximate surface area is 119 Å². The van der Waals surface area contributed by atoms with Gasteiger partial charge in [-0.1, -0.05) is 12.1 Å². The highest BCUT2D eigenvalue weighted by molar-refractivity contribution is 5.93. The molecule has 0 saturated carbocycles. The van der Waals surface area contributed by atoms with Crippen LogP contribution in [0.5, 0.6) is 0 Å². The van der Waals surface area contributed by atoms with Crippen molar-refractivity contribution in [3.05, 3.63) is 53.8 Å². The molecular formula is C15H10FN3O2. The van der Waals surface area contributed by atoms with Crippen molar-refractivity contribution in [2.45, 2.75) is 0 Å². The number of hydrogen-bond donors (Lipinski definition) is 0. The molecule has 6 heteroatoms. The molecule has 104 valence electrons. The number of carbonyl (C=O) groups excluding carboxylic acids is 1. The number of halogens is 1. The lowest BCUT2D eigenvalue weighted by atomic mass is 10.2. The van der Waals surface area contributed by atoms with E-state index in [-0.39, 0.29) is 11.4 Å². The first-order valence-corrected chi connectivity index (χ1v) is 6.17. The number of rotatable bonds is 2. The summed E-state index contributed by atoms with van der Waals surface area (Å²) in [6.07, 6.45) is 0. The van der Waals surface area contributed by atoms with Gasteiger partial charge in [0.05, 0.1) is 23.8 Å². The van der Waals surface area contributed by atoms with E-state index in [4.69, 9.17) is 0 Å². The zero-order valence-corrected chi connectivity index (χ0v) is 11.1. The van der Waals surface area contributed by atoms with E-state index in [1.54, 1.807) is 36.4 Å². The SMILES string of the molecule is COC(=O)c1ccc2nnc(-c3ccccc3F)nc2c1. The minimum absolute atomic E-state index is 0.169. The van der Waals surface area contributed by atoms with Crippen molar-refractivity contribution in [3.8, 4) is 11.4 Å². The maximum Gasteiger partial charge on any atom is 0.337 e. The summed E-state index contributed by atoms with van der Waals surface area (Å²) in [5.74, 6) is -0.728. The van der Waals surface area contributed by atoms with Gasteiger partial charge in [0.2, 0.25) is 0 Å². The second-order valence-electron chi connectivity index (χ2n) is 4.31. The van der Waals surface area contributed by atoms with E-state index in [0.29, 0.717) is 16.6 Å². The van der Waals surface area contributed by atoms with Crippen molar-refractivity contribution in [2.75, 3.05) is 7.11 Å². The summed E-state index contributed by atoms with van der Waals surface area (Å²) in [6.45, 7) is 0. The van der Waals surface area contributed by atoms with Gasteiger partial charge in [-0.15, -0.1) is 10.2 Å².